The van der Waals surface area contributed by atoms with Crippen molar-refractivity contribution >= 4 is 0 Å². The van der Waals surface area contributed by atoms with Gasteiger partial charge in [0, 0.05) is 6.20 Å². The Bertz CT molecular complexity index is 268. The quantitative estimate of drug-likeness (QED) is 0.602. The predicted molar refractivity (Wildman–Crippen MR) is 44.4 cm³/mol. The molecular weight excluding hydrogens is 138 g/mol. The fourth-order valence-electron chi connectivity index (χ4n) is 0.765. The van der Waals surface area contributed by atoms with Crippen molar-refractivity contribution < 1.29 is 4.74 Å². The summed E-state index contributed by atoms with van der Waals surface area (Å²) in [5.74, 6) is 1.46. The molecule has 58 valence electrons. The molecule has 0 saturated heterocycles. The van der Waals surface area contributed by atoms with Gasteiger partial charge in [-0.3, -0.25) is 4.98 Å². The molecule has 0 radical (unpaired) electrons. The third kappa shape index (κ3) is 2.08. The summed E-state index contributed by atoms with van der Waals surface area (Å²) in [5.41, 5.74) is 0.885. The van der Waals surface area contributed by atoms with Crippen LogP contribution in [0.3, 0.4) is 0 Å². The second-order valence-corrected chi connectivity index (χ2v) is 2.39. The Balaban J connectivity index is 2.86. The van der Waals surface area contributed by atoms with E-state index in [2.05, 4.69) is 11.6 Å². The number of allylic oxidation sites excluding steroid dienone is 1. The van der Waals surface area contributed by atoms with Crippen LogP contribution in [0.5, 0.6) is 5.75 Å². The zero-order valence-corrected chi connectivity index (χ0v) is 6.79. The Hall–Kier alpha value is -1.31. The van der Waals surface area contributed by atoms with E-state index in [0.717, 1.165) is 11.4 Å². The second kappa shape index (κ2) is 3.19. The number of ether oxygens (including phenoxy) is 1. The fraction of sp³-hybridized carbons (Fsp3) is 0.222. The number of rotatable bonds is 2. The molecule has 11 heavy (non-hydrogen) atoms. The van der Waals surface area contributed by atoms with Gasteiger partial charge in [0.25, 0.3) is 0 Å². The number of aromatic nitrogens is 1. The standard InChI is InChI=1S/C9H11NO/c1-7(2)11-9-5-4-6-10-8(9)3/h4-6H,1H2,2-3H3. The number of pyridine rings is 1. The zero-order valence-electron chi connectivity index (χ0n) is 6.79. The van der Waals surface area contributed by atoms with Crippen LogP contribution >= 0.6 is 0 Å². The molecule has 1 rings (SSSR count). The Morgan fingerprint density at radius 3 is 2.91 bits per heavy atom. The topological polar surface area (TPSA) is 22.1 Å². The van der Waals surface area contributed by atoms with Gasteiger partial charge in [0.05, 0.1) is 11.5 Å². The highest BCUT2D eigenvalue weighted by molar-refractivity contribution is 5.26. The van der Waals surface area contributed by atoms with Crippen LogP contribution in [0.1, 0.15) is 12.6 Å². The van der Waals surface area contributed by atoms with Gasteiger partial charge in [0.15, 0.2) is 0 Å². The first kappa shape index (κ1) is 7.79. The summed E-state index contributed by atoms with van der Waals surface area (Å²) < 4.78 is 5.29. The van der Waals surface area contributed by atoms with Crippen LogP contribution in [0.15, 0.2) is 30.7 Å². The van der Waals surface area contributed by atoms with Crippen LogP contribution in [-0.4, -0.2) is 4.98 Å². The van der Waals surface area contributed by atoms with Gasteiger partial charge in [-0.25, -0.2) is 0 Å². The van der Waals surface area contributed by atoms with Crippen LogP contribution in [0.4, 0.5) is 0 Å². The first-order chi connectivity index (χ1) is 5.20. The molecule has 0 aliphatic rings. The molecule has 1 heterocycles. The smallest absolute Gasteiger partial charge is 0.148 e. The molecule has 0 amide bonds. The van der Waals surface area contributed by atoms with Gasteiger partial charge in [0.1, 0.15) is 5.75 Å². The second-order valence-electron chi connectivity index (χ2n) is 2.39. The Kier molecular flexibility index (Phi) is 2.26. The molecule has 0 aromatic carbocycles. The minimum absolute atomic E-state index is 0.682. The lowest BCUT2D eigenvalue weighted by Gasteiger charge is -2.05. The molecule has 0 fully saturated rings. The molecular formula is C9H11NO. The first-order valence-electron chi connectivity index (χ1n) is 3.45. The van der Waals surface area contributed by atoms with Crippen LogP contribution < -0.4 is 4.74 Å². The van der Waals surface area contributed by atoms with Gasteiger partial charge in [-0.15, -0.1) is 0 Å². The fourth-order valence-corrected chi connectivity index (χ4v) is 0.765. The lowest BCUT2D eigenvalue weighted by molar-refractivity contribution is 0.425. The number of nitrogens with zero attached hydrogens (tertiary/aromatic N) is 1. The van der Waals surface area contributed by atoms with E-state index in [-0.39, 0.29) is 0 Å². The van der Waals surface area contributed by atoms with Crippen molar-refractivity contribution in [1.82, 2.24) is 4.98 Å². The lowest BCUT2D eigenvalue weighted by Crippen LogP contribution is -1.92. The number of hydrogen-bond acceptors (Lipinski definition) is 2. The van der Waals surface area contributed by atoms with E-state index < -0.39 is 0 Å². The predicted octanol–water partition coefficient (Wildman–Crippen LogP) is 2.30. The Morgan fingerprint density at radius 1 is 1.64 bits per heavy atom. The molecule has 1 aromatic rings. The van der Waals surface area contributed by atoms with Gasteiger partial charge in [-0.05, 0) is 26.0 Å². The average Bonchev–Trinajstić information content (AvgIpc) is 1.93. The molecule has 1 aromatic heterocycles. The van der Waals surface area contributed by atoms with Crippen molar-refractivity contribution in [3.8, 4) is 5.75 Å². The van der Waals surface area contributed by atoms with E-state index in [1.165, 1.54) is 0 Å². The molecule has 0 aliphatic carbocycles. The third-order valence-corrected chi connectivity index (χ3v) is 1.24. The summed E-state index contributed by atoms with van der Waals surface area (Å²) in [7, 11) is 0. The third-order valence-electron chi connectivity index (χ3n) is 1.24. The van der Waals surface area contributed by atoms with Crippen LogP contribution in [0.25, 0.3) is 0 Å². The molecule has 0 atom stereocenters. The number of hydrogen-bond donors (Lipinski definition) is 0. The van der Waals surface area contributed by atoms with Crippen LogP contribution in [0.2, 0.25) is 0 Å². The average molecular weight is 149 g/mol. The minimum Gasteiger partial charge on any atom is -0.461 e. The number of aryl methyl sites for hydroxylation is 1. The van der Waals surface area contributed by atoms with E-state index in [1.807, 2.05) is 26.0 Å². The Labute approximate surface area is 66.5 Å². The molecule has 0 aliphatic heterocycles. The molecule has 0 spiro atoms. The van der Waals surface area contributed by atoms with E-state index in [1.54, 1.807) is 6.20 Å². The van der Waals surface area contributed by atoms with E-state index in [4.69, 9.17) is 4.74 Å². The van der Waals surface area contributed by atoms with Crippen molar-refractivity contribution in [2.45, 2.75) is 13.8 Å². The molecule has 0 bridgehead atoms. The minimum atomic E-state index is 0.682. The lowest BCUT2D eigenvalue weighted by atomic mass is 10.3. The van der Waals surface area contributed by atoms with Gasteiger partial charge < -0.3 is 4.74 Å². The largest absolute Gasteiger partial charge is 0.461 e. The molecule has 0 unspecified atom stereocenters. The van der Waals surface area contributed by atoms with E-state index >= 15 is 0 Å². The molecule has 2 nitrogen and oxygen atoms in total. The van der Waals surface area contributed by atoms with Crippen LogP contribution in [-0.2, 0) is 0 Å². The van der Waals surface area contributed by atoms with E-state index in [0.29, 0.717) is 5.76 Å². The van der Waals surface area contributed by atoms with Crippen molar-refractivity contribution in [2.75, 3.05) is 0 Å². The molecule has 0 N–H and O–H groups in total. The van der Waals surface area contributed by atoms with Crippen molar-refractivity contribution in [3.63, 3.8) is 0 Å². The maximum Gasteiger partial charge on any atom is 0.148 e. The summed E-state index contributed by atoms with van der Waals surface area (Å²) in [6.45, 7) is 7.35. The highest BCUT2D eigenvalue weighted by Gasteiger charge is 1.97. The van der Waals surface area contributed by atoms with E-state index in [9.17, 15) is 0 Å². The molecule has 0 saturated carbocycles. The maximum atomic E-state index is 5.29. The van der Waals surface area contributed by atoms with Gasteiger partial charge in [-0.2, -0.15) is 0 Å². The first-order valence-corrected chi connectivity index (χ1v) is 3.45. The molecule has 2 heteroatoms. The van der Waals surface area contributed by atoms with Gasteiger partial charge in [-0.1, -0.05) is 6.58 Å². The monoisotopic (exact) mass is 149 g/mol. The van der Waals surface area contributed by atoms with Gasteiger partial charge in [0.2, 0.25) is 0 Å². The highest BCUT2D eigenvalue weighted by Crippen LogP contribution is 2.15. The highest BCUT2D eigenvalue weighted by atomic mass is 16.5. The zero-order chi connectivity index (χ0) is 8.27. The Morgan fingerprint density at radius 2 is 2.36 bits per heavy atom. The van der Waals surface area contributed by atoms with Crippen molar-refractivity contribution in [3.05, 3.63) is 36.4 Å². The van der Waals surface area contributed by atoms with Gasteiger partial charge >= 0.3 is 0 Å². The summed E-state index contributed by atoms with van der Waals surface area (Å²) in [6.07, 6.45) is 1.74. The summed E-state index contributed by atoms with van der Waals surface area (Å²) in [5, 5.41) is 0. The van der Waals surface area contributed by atoms with Crippen LogP contribution in [0, 0.1) is 6.92 Å². The van der Waals surface area contributed by atoms with Crippen molar-refractivity contribution in [1.29, 1.82) is 0 Å². The SMILES string of the molecule is C=C(C)Oc1cccnc1C. The maximum absolute atomic E-state index is 5.29. The normalized spacial score (nSPS) is 9.27. The summed E-state index contributed by atoms with van der Waals surface area (Å²) >= 11 is 0. The summed E-state index contributed by atoms with van der Waals surface area (Å²) in [6, 6.07) is 3.71. The van der Waals surface area contributed by atoms with Crippen molar-refractivity contribution in [2.24, 2.45) is 0 Å². The summed E-state index contributed by atoms with van der Waals surface area (Å²) in [4.78, 5) is 4.07.